The van der Waals surface area contributed by atoms with Gasteiger partial charge in [0.05, 0.1) is 12.7 Å². The highest BCUT2D eigenvalue weighted by Crippen LogP contribution is 2.29. The normalized spacial score (nSPS) is 10.6. The number of carbonyl (C=O) groups is 3. The lowest BCUT2D eigenvalue weighted by molar-refractivity contribution is -0.119. The van der Waals surface area contributed by atoms with Crippen LogP contribution in [0.5, 0.6) is 5.75 Å². The second kappa shape index (κ2) is 7.50. The minimum Gasteiger partial charge on any atom is -0.497 e. The van der Waals surface area contributed by atoms with E-state index < -0.39 is 24.4 Å². The first-order chi connectivity index (χ1) is 12.9. The van der Waals surface area contributed by atoms with Crippen LogP contribution in [0.1, 0.15) is 26.5 Å². The van der Waals surface area contributed by atoms with Gasteiger partial charge in [0.15, 0.2) is 6.61 Å². The van der Waals surface area contributed by atoms with Crippen molar-refractivity contribution in [1.29, 1.82) is 0 Å². The second-order valence-electron chi connectivity index (χ2n) is 5.57. The molecule has 0 radical (unpaired) electrons. The monoisotopic (exact) mass is 388 g/mol. The molecule has 2 heterocycles. The summed E-state index contributed by atoms with van der Waals surface area (Å²) < 4.78 is 15.7. The van der Waals surface area contributed by atoms with Gasteiger partial charge in [-0.1, -0.05) is 0 Å². The zero-order valence-corrected chi connectivity index (χ0v) is 15.3. The number of thiophene rings is 1. The number of aryl methyl sites for hydroxylation is 1. The Bertz CT molecular complexity index is 1040. The number of amides is 2. The number of rotatable bonds is 6. The van der Waals surface area contributed by atoms with E-state index in [0.717, 1.165) is 16.7 Å². The first-order valence-electron chi connectivity index (χ1n) is 7.82. The van der Waals surface area contributed by atoms with Gasteiger partial charge in [-0.25, -0.2) is 4.79 Å². The summed E-state index contributed by atoms with van der Waals surface area (Å²) in [5.41, 5.74) is 6.51. The molecule has 0 saturated carbocycles. The average molecular weight is 388 g/mol. The third-order valence-electron chi connectivity index (χ3n) is 3.85. The fraction of sp³-hybridized carbons (Fsp3) is 0.167. The van der Waals surface area contributed by atoms with E-state index in [4.69, 9.17) is 19.6 Å². The lowest BCUT2D eigenvalue weighted by Crippen LogP contribution is -2.22. The van der Waals surface area contributed by atoms with Gasteiger partial charge in [-0.3, -0.25) is 9.59 Å². The number of methoxy groups -OCH3 is 1. The highest BCUT2D eigenvalue weighted by molar-refractivity contribution is 7.14. The number of carbonyl (C=O) groups excluding carboxylic acids is 3. The number of furan rings is 1. The molecule has 27 heavy (non-hydrogen) atoms. The fourth-order valence-corrected chi connectivity index (χ4v) is 3.29. The highest BCUT2D eigenvalue weighted by atomic mass is 32.1. The van der Waals surface area contributed by atoms with Crippen LogP contribution in [-0.2, 0) is 9.53 Å². The molecule has 0 aliphatic heterocycles. The average Bonchev–Trinajstić information content (AvgIpc) is 3.24. The van der Waals surface area contributed by atoms with Gasteiger partial charge in [0.25, 0.3) is 11.8 Å². The second-order valence-corrected chi connectivity index (χ2v) is 6.49. The van der Waals surface area contributed by atoms with Crippen LogP contribution in [-0.4, -0.2) is 31.5 Å². The van der Waals surface area contributed by atoms with Crippen molar-refractivity contribution in [2.45, 2.75) is 6.92 Å². The molecule has 3 N–H and O–H groups in total. The van der Waals surface area contributed by atoms with Crippen molar-refractivity contribution in [3.05, 3.63) is 46.5 Å². The van der Waals surface area contributed by atoms with Crippen LogP contribution in [0.25, 0.3) is 11.0 Å². The third kappa shape index (κ3) is 3.77. The summed E-state index contributed by atoms with van der Waals surface area (Å²) in [6.07, 6.45) is 0. The Morgan fingerprint density at radius 2 is 2.04 bits per heavy atom. The van der Waals surface area contributed by atoms with Gasteiger partial charge in [-0.2, -0.15) is 0 Å². The lowest BCUT2D eigenvalue weighted by atomic mass is 10.1. The number of fused-ring (bicyclic) bond motifs is 1. The van der Waals surface area contributed by atoms with Crippen LogP contribution >= 0.6 is 11.3 Å². The maximum absolute atomic E-state index is 12.3. The molecule has 3 aromatic rings. The van der Waals surface area contributed by atoms with E-state index in [2.05, 4.69) is 5.32 Å². The molecule has 0 saturated heterocycles. The lowest BCUT2D eigenvalue weighted by Gasteiger charge is -2.05. The minimum absolute atomic E-state index is 0.0139. The maximum atomic E-state index is 12.3. The van der Waals surface area contributed by atoms with E-state index in [0.29, 0.717) is 21.9 Å². The summed E-state index contributed by atoms with van der Waals surface area (Å²) in [6, 6.07) is 6.65. The van der Waals surface area contributed by atoms with Crippen molar-refractivity contribution in [3.8, 4) is 5.75 Å². The Kier molecular flexibility index (Phi) is 5.13. The molecule has 0 spiro atoms. The van der Waals surface area contributed by atoms with Crippen LogP contribution in [0.3, 0.4) is 0 Å². The number of hydrogen-bond donors (Lipinski definition) is 2. The summed E-state index contributed by atoms with van der Waals surface area (Å²) in [6.45, 7) is 1.18. The van der Waals surface area contributed by atoms with E-state index in [1.807, 2.05) is 0 Å². The van der Waals surface area contributed by atoms with Gasteiger partial charge in [-0.15, -0.1) is 11.3 Å². The summed E-state index contributed by atoms with van der Waals surface area (Å²) in [7, 11) is 1.54. The summed E-state index contributed by atoms with van der Waals surface area (Å²) in [5, 5.41) is 5.13. The van der Waals surface area contributed by atoms with Gasteiger partial charge >= 0.3 is 5.97 Å². The first-order valence-corrected chi connectivity index (χ1v) is 8.70. The molecular weight excluding hydrogens is 372 g/mol. The Morgan fingerprint density at radius 1 is 1.26 bits per heavy atom. The van der Waals surface area contributed by atoms with Crippen molar-refractivity contribution in [2.75, 3.05) is 19.0 Å². The number of esters is 1. The molecule has 0 aliphatic carbocycles. The van der Waals surface area contributed by atoms with Gasteiger partial charge in [-0.05, 0) is 36.6 Å². The molecule has 2 aromatic heterocycles. The van der Waals surface area contributed by atoms with Crippen molar-refractivity contribution in [2.24, 2.45) is 5.73 Å². The third-order valence-corrected chi connectivity index (χ3v) is 4.68. The van der Waals surface area contributed by atoms with Crippen LogP contribution in [0.2, 0.25) is 0 Å². The Balaban J connectivity index is 1.68. The van der Waals surface area contributed by atoms with Crippen LogP contribution < -0.4 is 15.8 Å². The molecule has 9 heteroatoms. The van der Waals surface area contributed by atoms with E-state index in [-0.39, 0.29) is 11.3 Å². The fourth-order valence-electron chi connectivity index (χ4n) is 2.48. The van der Waals surface area contributed by atoms with Crippen LogP contribution in [0.15, 0.2) is 34.1 Å². The molecule has 0 unspecified atom stereocenters. The Labute approximate surface area is 157 Å². The zero-order chi connectivity index (χ0) is 19.6. The molecule has 2 amide bonds. The molecule has 0 aliphatic rings. The zero-order valence-electron chi connectivity index (χ0n) is 14.5. The molecule has 3 rings (SSSR count). The SMILES string of the molecule is COc1ccc2oc(C(=O)OCC(=O)Nc3sccc3C(N)=O)c(C)c2c1. The molecule has 0 atom stereocenters. The van der Waals surface area contributed by atoms with E-state index >= 15 is 0 Å². The maximum Gasteiger partial charge on any atom is 0.375 e. The minimum atomic E-state index is -0.765. The van der Waals surface area contributed by atoms with Crippen molar-refractivity contribution >= 4 is 45.1 Å². The van der Waals surface area contributed by atoms with Gasteiger partial charge in [0.1, 0.15) is 16.3 Å². The van der Waals surface area contributed by atoms with Gasteiger partial charge < -0.3 is 24.9 Å². The van der Waals surface area contributed by atoms with Crippen molar-refractivity contribution in [1.82, 2.24) is 0 Å². The Hall–Kier alpha value is -3.33. The van der Waals surface area contributed by atoms with E-state index in [9.17, 15) is 14.4 Å². The molecule has 8 nitrogen and oxygen atoms in total. The van der Waals surface area contributed by atoms with E-state index in [1.165, 1.54) is 6.07 Å². The number of hydrogen-bond acceptors (Lipinski definition) is 7. The number of anilines is 1. The number of ether oxygens (including phenoxy) is 2. The quantitative estimate of drug-likeness (QED) is 0.626. The van der Waals surface area contributed by atoms with Crippen LogP contribution in [0, 0.1) is 6.92 Å². The van der Waals surface area contributed by atoms with Crippen LogP contribution in [0.4, 0.5) is 5.00 Å². The van der Waals surface area contributed by atoms with Gasteiger partial charge in [0, 0.05) is 10.9 Å². The number of benzene rings is 1. The Morgan fingerprint density at radius 3 is 2.74 bits per heavy atom. The van der Waals surface area contributed by atoms with Crippen molar-refractivity contribution < 1.29 is 28.3 Å². The largest absolute Gasteiger partial charge is 0.497 e. The molecular formula is C18H16N2O6S. The van der Waals surface area contributed by atoms with E-state index in [1.54, 1.807) is 37.6 Å². The number of nitrogens with one attached hydrogen (secondary N) is 1. The summed E-state index contributed by atoms with van der Waals surface area (Å²) in [5.74, 6) is -1.37. The summed E-state index contributed by atoms with van der Waals surface area (Å²) in [4.78, 5) is 35.5. The topological polar surface area (TPSA) is 121 Å². The molecule has 140 valence electrons. The molecule has 0 fully saturated rings. The standard InChI is InChI=1S/C18H16N2O6S/c1-9-12-7-10(24-2)3-4-13(12)26-15(9)18(23)25-8-14(21)20-17-11(16(19)22)5-6-27-17/h3-7H,8H2,1-2H3,(H2,19,22)(H,20,21). The first kappa shape index (κ1) is 18.5. The number of nitrogens with two attached hydrogens (primary N) is 1. The predicted molar refractivity (Wildman–Crippen MR) is 99.3 cm³/mol. The number of primary amides is 1. The van der Waals surface area contributed by atoms with Crippen molar-refractivity contribution in [3.63, 3.8) is 0 Å². The highest BCUT2D eigenvalue weighted by Gasteiger charge is 2.21. The molecule has 0 bridgehead atoms. The molecule has 1 aromatic carbocycles. The predicted octanol–water partition coefficient (Wildman–Crippen LogP) is 2.71. The van der Waals surface area contributed by atoms with Gasteiger partial charge in [0.2, 0.25) is 5.76 Å². The summed E-state index contributed by atoms with van der Waals surface area (Å²) >= 11 is 1.14. The smallest absolute Gasteiger partial charge is 0.375 e.